The molecule has 0 saturated carbocycles. The molecular formula is C32H47NO5. The molecule has 0 unspecified atom stereocenters. The Bertz CT molecular complexity index is 1010. The minimum absolute atomic E-state index is 0.0115. The Labute approximate surface area is 229 Å². The van der Waals surface area contributed by atoms with E-state index in [2.05, 4.69) is 43.4 Å². The van der Waals surface area contributed by atoms with Crippen LogP contribution >= 0.6 is 0 Å². The Morgan fingerprint density at radius 2 is 1.76 bits per heavy atom. The summed E-state index contributed by atoms with van der Waals surface area (Å²) in [6.45, 7) is 13.2. The zero-order valence-electron chi connectivity index (χ0n) is 24.1. The van der Waals surface area contributed by atoms with Crippen molar-refractivity contribution in [1.82, 2.24) is 5.32 Å². The van der Waals surface area contributed by atoms with Gasteiger partial charge in [-0.25, -0.2) is 0 Å². The van der Waals surface area contributed by atoms with Gasteiger partial charge in [-0.05, 0) is 95.9 Å². The average Bonchev–Trinajstić information content (AvgIpc) is 3.26. The van der Waals surface area contributed by atoms with Gasteiger partial charge in [-0.2, -0.15) is 0 Å². The number of aliphatic hydroxyl groups excluding tert-OH is 1. The molecule has 0 fully saturated rings. The van der Waals surface area contributed by atoms with Gasteiger partial charge in [-0.15, -0.1) is 0 Å². The van der Waals surface area contributed by atoms with Gasteiger partial charge in [0.2, 0.25) is 0 Å². The molecule has 1 aliphatic carbocycles. The predicted octanol–water partition coefficient (Wildman–Crippen LogP) is 5.58. The van der Waals surface area contributed by atoms with E-state index in [4.69, 9.17) is 14.2 Å². The van der Waals surface area contributed by atoms with Crippen LogP contribution in [0.1, 0.15) is 82.7 Å². The third kappa shape index (κ3) is 9.11. The number of fused-ring (bicyclic) bond motifs is 1. The number of hydrogen-bond donors (Lipinski definition) is 2. The van der Waals surface area contributed by atoms with E-state index in [0.29, 0.717) is 25.5 Å². The van der Waals surface area contributed by atoms with Gasteiger partial charge >= 0.3 is 5.97 Å². The predicted molar refractivity (Wildman–Crippen MR) is 152 cm³/mol. The van der Waals surface area contributed by atoms with Crippen LogP contribution < -0.4 is 10.1 Å². The normalized spacial score (nSPS) is 15.4. The topological polar surface area (TPSA) is 77.0 Å². The second-order valence-corrected chi connectivity index (χ2v) is 11.4. The fraction of sp³-hybridized carbons (Fsp3) is 0.594. The molecule has 0 bridgehead atoms. The number of ether oxygens (including phenoxy) is 3. The van der Waals surface area contributed by atoms with Crippen molar-refractivity contribution >= 4 is 5.97 Å². The molecule has 0 heterocycles. The molecule has 6 heteroatoms. The van der Waals surface area contributed by atoms with Crippen molar-refractivity contribution in [2.45, 2.75) is 97.5 Å². The van der Waals surface area contributed by atoms with Crippen LogP contribution in [-0.2, 0) is 33.5 Å². The number of esters is 1. The zero-order chi connectivity index (χ0) is 27.7. The summed E-state index contributed by atoms with van der Waals surface area (Å²) < 4.78 is 17.3. The van der Waals surface area contributed by atoms with Crippen LogP contribution in [0.2, 0.25) is 0 Å². The van der Waals surface area contributed by atoms with Gasteiger partial charge < -0.3 is 24.6 Å². The van der Waals surface area contributed by atoms with Crippen molar-refractivity contribution in [3.63, 3.8) is 0 Å². The van der Waals surface area contributed by atoms with Crippen LogP contribution in [0.4, 0.5) is 0 Å². The summed E-state index contributed by atoms with van der Waals surface area (Å²) in [5.74, 6) is 1.16. The van der Waals surface area contributed by atoms with Gasteiger partial charge in [0.1, 0.15) is 5.75 Å². The number of carbonyl (C=O) groups excluding carboxylic acids is 1. The number of hydrogen-bond acceptors (Lipinski definition) is 6. The van der Waals surface area contributed by atoms with Crippen LogP contribution in [0.3, 0.4) is 0 Å². The summed E-state index contributed by atoms with van der Waals surface area (Å²) in [6, 6.07) is 14.6. The second-order valence-electron chi connectivity index (χ2n) is 11.4. The van der Waals surface area contributed by atoms with Crippen LogP contribution in [0.5, 0.6) is 5.75 Å². The molecule has 210 valence electrons. The zero-order valence-corrected chi connectivity index (χ0v) is 24.1. The average molecular weight is 526 g/mol. The summed E-state index contributed by atoms with van der Waals surface area (Å²) in [5.41, 5.74) is 4.78. The molecular weight excluding hydrogens is 478 g/mol. The van der Waals surface area contributed by atoms with E-state index in [1.54, 1.807) is 0 Å². The molecule has 2 N–H and O–H groups in total. The van der Waals surface area contributed by atoms with Gasteiger partial charge in [0.25, 0.3) is 0 Å². The Morgan fingerprint density at radius 1 is 1.08 bits per heavy atom. The highest BCUT2D eigenvalue weighted by atomic mass is 16.5. The van der Waals surface area contributed by atoms with Gasteiger partial charge in [0.05, 0.1) is 31.5 Å². The molecule has 38 heavy (non-hydrogen) atoms. The molecule has 2 aromatic carbocycles. The van der Waals surface area contributed by atoms with Crippen molar-refractivity contribution in [1.29, 1.82) is 0 Å². The highest BCUT2D eigenvalue weighted by molar-refractivity contribution is 5.70. The van der Waals surface area contributed by atoms with Crippen LogP contribution in [-0.4, -0.2) is 48.6 Å². The minimum atomic E-state index is -0.629. The molecule has 1 aliphatic rings. The third-order valence-corrected chi connectivity index (χ3v) is 7.14. The Morgan fingerprint density at radius 3 is 2.39 bits per heavy atom. The first kappa shape index (κ1) is 30.1. The quantitative estimate of drug-likeness (QED) is 0.296. The molecule has 6 nitrogen and oxygen atoms in total. The Kier molecular flexibility index (Phi) is 11.2. The molecule has 3 rings (SSSR count). The molecule has 0 spiro atoms. The van der Waals surface area contributed by atoms with Crippen LogP contribution in [0.15, 0.2) is 42.5 Å². The number of β-amino-alcohol motifs (C(OH)–C–C–N with tert-alkyl or cyclic N) is 1. The van der Waals surface area contributed by atoms with Crippen molar-refractivity contribution in [2.24, 2.45) is 5.92 Å². The lowest BCUT2D eigenvalue weighted by molar-refractivity contribution is -0.143. The summed E-state index contributed by atoms with van der Waals surface area (Å²) in [4.78, 5) is 12.0. The lowest BCUT2D eigenvalue weighted by Crippen LogP contribution is -2.45. The first-order valence-corrected chi connectivity index (χ1v) is 14.1. The number of carbonyl (C=O) groups is 1. The van der Waals surface area contributed by atoms with Crippen molar-refractivity contribution in [3.05, 3.63) is 64.7 Å². The maximum Gasteiger partial charge on any atom is 0.306 e. The van der Waals surface area contributed by atoms with Gasteiger partial charge in [0.15, 0.2) is 0 Å². The third-order valence-electron chi connectivity index (χ3n) is 7.14. The SMILES string of the molecule is CCOC(=O)CCc1c(OC(C)C)cccc1[C@@H](C)OC[C@H](O)CNC(C)(C)CC1Cc2ccccc2C1. The summed E-state index contributed by atoms with van der Waals surface area (Å²) in [7, 11) is 0. The molecule has 0 aliphatic heterocycles. The standard InChI is InChI=1S/C32H47NO5/c1-7-36-31(35)16-15-29-28(13-10-14-30(29)38-22(2)3)23(4)37-21-27(34)20-33-32(5,6)19-24-17-25-11-8-9-12-26(25)18-24/h8-14,22-24,27,33-34H,7,15-21H2,1-6H3/t23-,27-/m1/s1. The molecule has 0 saturated heterocycles. The molecule has 0 amide bonds. The fourth-order valence-corrected chi connectivity index (χ4v) is 5.44. The summed E-state index contributed by atoms with van der Waals surface area (Å²) >= 11 is 0. The maximum absolute atomic E-state index is 12.0. The molecule has 2 atom stereocenters. The van der Waals surface area contributed by atoms with Crippen molar-refractivity contribution in [3.8, 4) is 5.75 Å². The number of aliphatic hydroxyl groups is 1. The first-order valence-electron chi connectivity index (χ1n) is 14.1. The van der Waals surface area contributed by atoms with E-state index in [1.165, 1.54) is 11.1 Å². The van der Waals surface area contributed by atoms with E-state index in [-0.39, 0.29) is 36.7 Å². The van der Waals surface area contributed by atoms with E-state index in [0.717, 1.165) is 36.1 Å². The number of nitrogens with one attached hydrogen (secondary N) is 1. The highest BCUT2D eigenvalue weighted by Gasteiger charge is 2.28. The molecule has 2 aromatic rings. The molecule has 0 aromatic heterocycles. The van der Waals surface area contributed by atoms with E-state index < -0.39 is 6.10 Å². The Balaban J connectivity index is 1.52. The fourth-order valence-electron chi connectivity index (χ4n) is 5.44. The Hall–Kier alpha value is -2.41. The summed E-state index contributed by atoms with van der Waals surface area (Å²) in [6.07, 6.45) is 3.22. The lowest BCUT2D eigenvalue weighted by Gasteiger charge is -2.31. The van der Waals surface area contributed by atoms with E-state index in [9.17, 15) is 9.90 Å². The maximum atomic E-state index is 12.0. The van der Waals surface area contributed by atoms with Gasteiger partial charge in [-0.1, -0.05) is 36.4 Å². The lowest BCUT2D eigenvalue weighted by atomic mass is 9.88. The number of rotatable bonds is 15. The smallest absolute Gasteiger partial charge is 0.306 e. The first-order chi connectivity index (χ1) is 18.1. The van der Waals surface area contributed by atoms with Gasteiger partial charge in [-0.3, -0.25) is 4.79 Å². The van der Waals surface area contributed by atoms with Crippen LogP contribution in [0, 0.1) is 5.92 Å². The molecule has 0 radical (unpaired) electrons. The monoisotopic (exact) mass is 525 g/mol. The highest BCUT2D eigenvalue weighted by Crippen LogP contribution is 2.33. The summed E-state index contributed by atoms with van der Waals surface area (Å²) in [5, 5.41) is 14.3. The minimum Gasteiger partial charge on any atom is -0.491 e. The van der Waals surface area contributed by atoms with Gasteiger partial charge in [0, 0.05) is 24.1 Å². The van der Waals surface area contributed by atoms with Crippen molar-refractivity contribution in [2.75, 3.05) is 19.8 Å². The number of benzene rings is 2. The largest absolute Gasteiger partial charge is 0.491 e. The van der Waals surface area contributed by atoms with E-state index in [1.807, 2.05) is 45.9 Å². The van der Waals surface area contributed by atoms with E-state index >= 15 is 0 Å². The van der Waals surface area contributed by atoms with Crippen LogP contribution in [0.25, 0.3) is 0 Å². The second kappa shape index (κ2) is 14.1. The van der Waals surface area contributed by atoms with Crippen molar-refractivity contribution < 1.29 is 24.1 Å².